The Labute approximate surface area is 297 Å². The molecule has 3 aliphatic rings. The summed E-state index contributed by atoms with van der Waals surface area (Å²) in [6.45, 7) is 2.67. The predicted molar refractivity (Wildman–Crippen MR) is 207 cm³/mol. The standard InChI is InChI=1S/C47H34N2O2/c1-3-15-36(16-4-1)47(37-17-5-2-6-18-37)42-29-32(31-11-9-13-34(27-31)45-48-23-25-50-45)21-22-40(42)44-39-20-8-7-19-38(39)41(30-43(44)47)33-12-10-14-35(28-33)46-49-24-26-51-46/h1-22,27-30H,23-26H2. The van der Waals surface area contributed by atoms with Crippen molar-refractivity contribution in [1.82, 2.24) is 0 Å². The van der Waals surface area contributed by atoms with Crippen LogP contribution in [0.2, 0.25) is 0 Å². The van der Waals surface area contributed by atoms with Gasteiger partial charge in [-0.25, -0.2) is 9.98 Å². The van der Waals surface area contributed by atoms with E-state index < -0.39 is 5.41 Å². The van der Waals surface area contributed by atoms with Gasteiger partial charge >= 0.3 is 0 Å². The molecule has 2 aliphatic heterocycles. The maximum atomic E-state index is 5.90. The highest BCUT2D eigenvalue weighted by atomic mass is 16.5. The molecule has 4 nitrogen and oxygen atoms in total. The first kappa shape index (κ1) is 29.6. The number of hydrogen-bond acceptors (Lipinski definition) is 4. The number of rotatable bonds is 6. The fraction of sp³-hybridized carbons (Fsp3) is 0.106. The Balaban J connectivity index is 1.28. The number of fused-ring (bicyclic) bond motifs is 5. The molecule has 0 bridgehead atoms. The van der Waals surface area contributed by atoms with Crippen LogP contribution in [0.15, 0.2) is 168 Å². The molecule has 10 rings (SSSR count). The molecule has 7 aromatic rings. The molecule has 244 valence electrons. The first-order valence-electron chi connectivity index (χ1n) is 17.7. The van der Waals surface area contributed by atoms with Gasteiger partial charge in [0.25, 0.3) is 0 Å². The summed E-state index contributed by atoms with van der Waals surface area (Å²) < 4.78 is 11.8. The SMILES string of the molecule is c1ccc(C2(c3ccccc3)c3cc(-c4cccc(C5=NCCO5)c4)ccc3-c3c2cc(-c2cccc(C4=NCCO4)c2)c2ccccc32)cc1. The molecule has 0 amide bonds. The van der Waals surface area contributed by atoms with Crippen LogP contribution >= 0.6 is 0 Å². The molecule has 2 heterocycles. The van der Waals surface area contributed by atoms with Crippen LogP contribution in [0.3, 0.4) is 0 Å². The van der Waals surface area contributed by atoms with Crippen molar-refractivity contribution in [1.29, 1.82) is 0 Å². The van der Waals surface area contributed by atoms with E-state index in [1.165, 1.54) is 49.7 Å². The third-order valence-electron chi connectivity index (χ3n) is 10.6. The second kappa shape index (κ2) is 12.0. The third kappa shape index (κ3) is 4.67. The van der Waals surface area contributed by atoms with Crippen LogP contribution in [0.5, 0.6) is 0 Å². The average Bonchev–Trinajstić information content (AvgIpc) is 4.00. The fourth-order valence-corrected chi connectivity index (χ4v) is 8.43. The third-order valence-corrected chi connectivity index (χ3v) is 10.6. The van der Waals surface area contributed by atoms with E-state index in [0.717, 1.165) is 39.6 Å². The van der Waals surface area contributed by atoms with Gasteiger partial charge < -0.3 is 9.47 Å². The monoisotopic (exact) mass is 658 g/mol. The van der Waals surface area contributed by atoms with Gasteiger partial charge in [0.1, 0.15) is 13.2 Å². The maximum Gasteiger partial charge on any atom is 0.216 e. The Morgan fingerprint density at radius 2 is 0.961 bits per heavy atom. The van der Waals surface area contributed by atoms with Crippen molar-refractivity contribution >= 4 is 22.6 Å². The zero-order valence-corrected chi connectivity index (χ0v) is 28.1. The second-order valence-electron chi connectivity index (χ2n) is 13.4. The number of nitrogens with zero attached hydrogens (tertiary/aromatic N) is 2. The molecule has 0 unspecified atom stereocenters. The summed E-state index contributed by atoms with van der Waals surface area (Å²) in [6.07, 6.45) is 0. The van der Waals surface area contributed by atoms with E-state index in [0.29, 0.717) is 26.3 Å². The van der Waals surface area contributed by atoms with Gasteiger partial charge in [0.05, 0.1) is 18.5 Å². The number of hydrogen-bond donors (Lipinski definition) is 0. The molecule has 0 atom stereocenters. The minimum Gasteiger partial charge on any atom is -0.476 e. The summed E-state index contributed by atoms with van der Waals surface area (Å²) in [4.78, 5) is 9.23. The molecular weight excluding hydrogens is 625 g/mol. The molecular formula is C47H34N2O2. The molecule has 4 heteroatoms. The molecule has 0 aromatic heterocycles. The van der Waals surface area contributed by atoms with Gasteiger partial charge in [-0.15, -0.1) is 0 Å². The zero-order valence-electron chi connectivity index (χ0n) is 28.1. The lowest BCUT2D eigenvalue weighted by molar-refractivity contribution is 0.348. The minimum absolute atomic E-state index is 0.575. The van der Waals surface area contributed by atoms with Crippen molar-refractivity contribution in [2.75, 3.05) is 26.3 Å². The molecule has 0 fully saturated rings. The molecule has 0 saturated heterocycles. The highest BCUT2D eigenvalue weighted by molar-refractivity contribution is 6.11. The first-order valence-corrected chi connectivity index (χ1v) is 17.7. The van der Waals surface area contributed by atoms with Gasteiger partial charge in [0.15, 0.2) is 0 Å². The first-order chi connectivity index (χ1) is 25.3. The van der Waals surface area contributed by atoms with Crippen molar-refractivity contribution in [3.8, 4) is 33.4 Å². The van der Waals surface area contributed by atoms with Crippen LogP contribution in [0, 0.1) is 0 Å². The summed E-state index contributed by atoms with van der Waals surface area (Å²) >= 11 is 0. The van der Waals surface area contributed by atoms with Crippen LogP contribution in [0.25, 0.3) is 44.2 Å². The Bertz CT molecular complexity index is 2500. The minimum atomic E-state index is -0.575. The van der Waals surface area contributed by atoms with Gasteiger partial charge in [0.2, 0.25) is 11.8 Å². The highest BCUT2D eigenvalue weighted by Gasteiger charge is 2.47. The van der Waals surface area contributed by atoms with Gasteiger partial charge in [-0.1, -0.05) is 121 Å². The Morgan fingerprint density at radius 1 is 0.412 bits per heavy atom. The zero-order chi connectivity index (χ0) is 33.8. The lowest BCUT2D eigenvalue weighted by Crippen LogP contribution is -2.28. The lowest BCUT2D eigenvalue weighted by atomic mass is 9.67. The molecule has 0 radical (unpaired) electrons. The molecule has 0 saturated carbocycles. The van der Waals surface area contributed by atoms with Crippen LogP contribution in [0.4, 0.5) is 0 Å². The van der Waals surface area contributed by atoms with E-state index in [1.54, 1.807) is 0 Å². The van der Waals surface area contributed by atoms with E-state index in [2.05, 4.69) is 168 Å². The molecule has 0 spiro atoms. The van der Waals surface area contributed by atoms with E-state index >= 15 is 0 Å². The van der Waals surface area contributed by atoms with Gasteiger partial charge in [-0.05, 0) is 103 Å². The van der Waals surface area contributed by atoms with Crippen molar-refractivity contribution in [2.24, 2.45) is 9.98 Å². The largest absolute Gasteiger partial charge is 0.476 e. The Hall–Kier alpha value is -6.26. The Morgan fingerprint density at radius 3 is 1.59 bits per heavy atom. The van der Waals surface area contributed by atoms with Crippen LogP contribution < -0.4 is 0 Å². The molecule has 7 aromatic carbocycles. The Kier molecular flexibility index (Phi) is 6.95. The molecule has 51 heavy (non-hydrogen) atoms. The van der Waals surface area contributed by atoms with Crippen molar-refractivity contribution in [2.45, 2.75) is 5.41 Å². The second-order valence-corrected chi connectivity index (χ2v) is 13.4. The smallest absolute Gasteiger partial charge is 0.216 e. The average molecular weight is 659 g/mol. The lowest BCUT2D eigenvalue weighted by Gasteiger charge is -2.34. The van der Waals surface area contributed by atoms with Gasteiger partial charge in [-0.3, -0.25) is 0 Å². The summed E-state index contributed by atoms with van der Waals surface area (Å²) in [5.41, 5.74) is 13.6. The van der Waals surface area contributed by atoms with Gasteiger partial charge in [-0.2, -0.15) is 0 Å². The summed E-state index contributed by atoms with van der Waals surface area (Å²) in [6, 6.07) is 57.7. The normalized spacial score (nSPS) is 15.5. The van der Waals surface area contributed by atoms with E-state index in [1.807, 2.05) is 0 Å². The molecule has 1 aliphatic carbocycles. The molecule has 0 N–H and O–H groups in total. The van der Waals surface area contributed by atoms with E-state index in [-0.39, 0.29) is 0 Å². The quantitative estimate of drug-likeness (QED) is 0.179. The number of ether oxygens (including phenoxy) is 2. The summed E-state index contributed by atoms with van der Waals surface area (Å²) in [5, 5.41) is 2.46. The van der Waals surface area contributed by atoms with E-state index in [9.17, 15) is 0 Å². The van der Waals surface area contributed by atoms with Gasteiger partial charge in [0, 0.05) is 11.1 Å². The number of benzene rings is 7. The topological polar surface area (TPSA) is 43.2 Å². The van der Waals surface area contributed by atoms with Crippen LogP contribution in [0.1, 0.15) is 33.4 Å². The highest BCUT2D eigenvalue weighted by Crippen LogP contribution is 2.59. The maximum absolute atomic E-state index is 5.90. The fourth-order valence-electron chi connectivity index (χ4n) is 8.43. The summed E-state index contributed by atoms with van der Waals surface area (Å²) in [7, 11) is 0. The summed E-state index contributed by atoms with van der Waals surface area (Å²) in [5.74, 6) is 1.45. The van der Waals surface area contributed by atoms with Crippen molar-refractivity contribution in [3.05, 3.63) is 191 Å². The van der Waals surface area contributed by atoms with Crippen LogP contribution in [-0.2, 0) is 14.9 Å². The number of aliphatic imine (C=N–C) groups is 2. The van der Waals surface area contributed by atoms with E-state index in [4.69, 9.17) is 9.47 Å². The van der Waals surface area contributed by atoms with Crippen molar-refractivity contribution in [3.63, 3.8) is 0 Å². The predicted octanol–water partition coefficient (Wildman–Crippen LogP) is 10.1. The van der Waals surface area contributed by atoms with Crippen LogP contribution in [-0.4, -0.2) is 38.1 Å². The van der Waals surface area contributed by atoms with Crippen molar-refractivity contribution < 1.29 is 9.47 Å².